The van der Waals surface area contributed by atoms with Gasteiger partial charge in [-0.3, -0.25) is 10.3 Å². The van der Waals surface area contributed by atoms with Crippen LogP contribution in [0.15, 0.2) is 35.2 Å². The molecule has 0 atom stereocenters. The molecule has 0 spiro atoms. The Hall–Kier alpha value is -2.74. The molecule has 0 aliphatic heterocycles. The lowest BCUT2D eigenvalue weighted by molar-refractivity contribution is 0.251. The van der Waals surface area contributed by atoms with Crippen molar-refractivity contribution in [3.63, 3.8) is 0 Å². The number of hydrogen-bond acceptors (Lipinski definition) is 6. The van der Waals surface area contributed by atoms with Crippen LogP contribution in [0.5, 0.6) is 0 Å². The number of aryl methyl sites for hydroxylation is 2. The van der Waals surface area contributed by atoms with Gasteiger partial charge in [-0.15, -0.1) is 11.3 Å². The summed E-state index contributed by atoms with van der Waals surface area (Å²) in [7, 11) is 0. The van der Waals surface area contributed by atoms with Crippen molar-refractivity contribution >= 4 is 22.5 Å². The second-order valence-electron chi connectivity index (χ2n) is 4.80. The first kappa shape index (κ1) is 15.2. The fraction of sp³-hybridized carbons (Fsp3) is 0.200. The maximum atomic E-state index is 12.0. The lowest BCUT2D eigenvalue weighted by atomic mass is 10.2. The summed E-state index contributed by atoms with van der Waals surface area (Å²) in [6, 6.07) is 3.24. The van der Waals surface area contributed by atoms with Crippen molar-refractivity contribution in [2.45, 2.75) is 20.4 Å². The molecule has 0 aliphatic carbocycles. The Balaban J connectivity index is 1.65. The summed E-state index contributed by atoms with van der Waals surface area (Å²) < 4.78 is 5.34. The maximum absolute atomic E-state index is 12.0. The molecular weight excluding hydrogens is 314 g/mol. The molecule has 3 aromatic heterocycles. The lowest BCUT2D eigenvalue weighted by Crippen LogP contribution is -2.28. The van der Waals surface area contributed by atoms with Crippen LogP contribution in [0.3, 0.4) is 0 Å². The number of furan rings is 1. The van der Waals surface area contributed by atoms with Crippen molar-refractivity contribution in [1.82, 2.24) is 20.3 Å². The van der Waals surface area contributed by atoms with Crippen LogP contribution in [-0.2, 0) is 6.54 Å². The van der Waals surface area contributed by atoms with E-state index in [2.05, 4.69) is 25.6 Å². The summed E-state index contributed by atoms with van der Waals surface area (Å²) in [6.07, 6.45) is 4.73. The summed E-state index contributed by atoms with van der Waals surface area (Å²) in [5.74, 6) is 0.612. The highest BCUT2D eigenvalue weighted by atomic mass is 32.1. The van der Waals surface area contributed by atoms with Crippen LogP contribution in [0, 0.1) is 13.8 Å². The monoisotopic (exact) mass is 329 g/mol. The molecule has 0 bridgehead atoms. The van der Waals surface area contributed by atoms with Crippen LogP contribution in [0.25, 0.3) is 11.5 Å². The zero-order valence-electron chi connectivity index (χ0n) is 12.7. The first-order valence-electron chi connectivity index (χ1n) is 6.96. The van der Waals surface area contributed by atoms with Crippen LogP contribution in [0.4, 0.5) is 9.93 Å². The number of carbonyl (C=O) groups is 1. The van der Waals surface area contributed by atoms with Gasteiger partial charge >= 0.3 is 6.03 Å². The largest absolute Gasteiger partial charge is 0.463 e. The summed E-state index contributed by atoms with van der Waals surface area (Å²) in [6.45, 7) is 4.11. The third kappa shape index (κ3) is 3.54. The molecule has 8 heteroatoms. The molecule has 7 nitrogen and oxygen atoms in total. The molecule has 0 radical (unpaired) electrons. The second-order valence-corrected chi connectivity index (χ2v) is 6.00. The fourth-order valence-corrected chi connectivity index (χ4v) is 2.76. The van der Waals surface area contributed by atoms with E-state index < -0.39 is 0 Å². The molecule has 2 N–H and O–H groups in total. The molecule has 3 aromatic rings. The Morgan fingerprint density at radius 1 is 1.30 bits per heavy atom. The van der Waals surface area contributed by atoms with E-state index in [0.717, 1.165) is 10.6 Å². The zero-order valence-corrected chi connectivity index (χ0v) is 13.5. The van der Waals surface area contributed by atoms with Crippen LogP contribution in [0.1, 0.15) is 16.3 Å². The van der Waals surface area contributed by atoms with E-state index in [4.69, 9.17) is 4.42 Å². The van der Waals surface area contributed by atoms with Crippen LogP contribution in [-0.4, -0.2) is 21.0 Å². The molecule has 2 amide bonds. The Labute approximate surface area is 136 Å². The Kier molecular flexibility index (Phi) is 4.33. The van der Waals surface area contributed by atoms with Gasteiger partial charge in [0.25, 0.3) is 0 Å². The van der Waals surface area contributed by atoms with E-state index in [0.29, 0.717) is 22.3 Å². The third-order valence-corrected chi connectivity index (χ3v) is 4.18. The topological polar surface area (TPSA) is 92.9 Å². The molecule has 0 fully saturated rings. The minimum absolute atomic E-state index is 0.235. The van der Waals surface area contributed by atoms with Gasteiger partial charge < -0.3 is 9.73 Å². The predicted octanol–water partition coefficient (Wildman–Crippen LogP) is 3.13. The minimum Gasteiger partial charge on any atom is -0.463 e. The zero-order chi connectivity index (χ0) is 16.2. The Morgan fingerprint density at radius 3 is 2.83 bits per heavy atom. The predicted molar refractivity (Wildman–Crippen MR) is 87.2 cm³/mol. The van der Waals surface area contributed by atoms with E-state index in [1.165, 1.54) is 11.3 Å². The van der Waals surface area contributed by atoms with Crippen molar-refractivity contribution in [3.05, 3.63) is 47.1 Å². The van der Waals surface area contributed by atoms with Crippen molar-refractivity contribution in [2.75, 3.05) is 5.32 Å². The highest BCUT2D eigenvalue weighted by Crippen LogP contribution is 2.21. The Bertz CT molecular complexity index is 794. The summed E-state index contributed by atoms with van der Waals surface area (Å²) in [5, 5.41) is 6.04. The van der Waals surface area contributed by atoms with Crippen LogP contribution >= 0.6 is 11.3 Å². The van der Waals surface area contributed by atoms with Gasteiger partial charge in [-0.05, 0) is 26.0 Å². The van der Waals surface area contributed by atoms with Gasteiger partial charge in [0, 0.05) is 17.3 Å². The lowest BCUT2D eigenvalue weighted by Gasteiger charge is -2.07. The van der Waals surface area contributed by atoms with Gasteiger partial charge in [-0.2, -0.15) is 0 Å². The normalized spacial score (nSPS) is 10.5. The van der Waals surface area contributed by atoms with Crippen LogP contribution in [0.2, 0.25) is 0 Å². The average molecular weight is 329 g/mol. The van der Waals surface area contributed by atoms with Crippen molar-refractivity contribution in [2.24, 2.45) is 0 Å². The summed E-state index contributed by atoms with van der Waals surface area (Å²) in [4.78, 5) is 25.8. The standard InChI is InChI=1S/C15H15N5O2S/c1-9-10(2)23-15(19-9)20-14(21)18-8-11-13(17-6-5-16-11)12-4-3-7-22-12/h3-7H,8H2,1-2H3,(H2,18,19,20,21). The van der Waals surface area contributed by atoms with E-state index in [1.807, 2.05) is 13.8 Å². The van der Waals surface area contributed by atoms with Gasteiger partial charge in [-0.1, -0.05) is 0 Å². The highest BCUT2D eigenvalue weighted by Gasteiger charge is 2.12. The van der Waals surface area contributed by atoms with Gasteiger partial charge in [0.15, 0.2) is 10.9 Å². The van der Waals surface area contributed by atoms with Gasteiger partial charge in [0.1, 0.15) is 5.69 Å². The number of aromatic nitrogens is 3. The first-order chi connectivity index (χ1) is 11.1. The SMILES string of the molecule is Cc1nc(NC(=O)NCc2nccnc2-c2ccco2)sc1C. The number of carbonyl (C=O) groups excluding carboxylic acids is 1. The van der Waals surface area contributed by atoms with Crippen molar-refractivity contribution in [3.8, 4) is 11.5 Å². The van der Waals surface area contributed by atoms with E-state index in [1.54, 1.807) is 30.8 Å². The van der Waals surface area contributed by atoms with E-state index >= 15 is 0 Å². The highest BCUT2D eigenvalue weighted by molar-refractivity contribution is 7.15. The molecule has 0 aliphatic rings. The third-order valence-electron chi connectivity index (χ3n) is 3.19. The molecule has 0 saturated carbocycles. The minimum atomic E-state index is -0.338. The number of nitrogens with one attached hydrogen (secondary N) is 2. The summed E-state index contributed by atoms with van der Waals surface area (Å²) >= 11 is 1.44. The summed E-state index contributed by atoms with van der Waals surface area (Å²) in [5.41, 5.74) is 2.15. The Morgan fingerprint density at radius 2 is 2.13 bits per heavy atom. The number of anilines is 1. The quantitative estimate of drug-likeness (QED) is 0.767. The molecule has 3 rings (SSSR count). The number of amides is 2. The second kappa shape index (κ2) is 6.57. The van der Waals surface area contributed by atoms with Crippen molar-refractivity contribution < 1.29 is 9.21 Å². The van der Waals surface area contributed by atoms with Crippen molar-refractivity contribution in [1.29, 1.82) is 0 Å². The van der Waals surface area contributed by atoms with E-state index in [-0.39, 0.29) is 12.6 Å². The number of thiazole rings is 1. The number of rotatable bonds is 4. The first-order valence-corrected chi connectivity index (χ1v) is 7.78. The molecule has 0 unspecified atom stereocenters. The molecule has 3 heterocycles. The number of hydrogen-bond donors (Lipinski definition) is 2. The molecule has 0 saturated heterocycles. The number of urea groups is 1. The van der Waals surface area contributed by atoms with Gasteiger partial charge in [-0.25, -0.2) is 14.8 Å². The van der Waals surface area contributed by atoms with Gasteiger partial charge in [0.2, 0.25) is 0 Å². The fourth-order valence-electron chi connectivity index (χ4n) is 1.95. The molecule has 0 aromatic carbocycles. The van der Waals surface area contributed by atoms with Gasteiger partial charge in [0.05, 0.1) is 24.2 Å². The molecule has 118 valence electrons. The molecular formula is C15H15N5O2S. The van der Waals surface area contributed by atoms with E-state index in [9.17, 15) is 4.79 Å². The molecule has 23 heavy (non-hydrogen) atoms. The maximum Gasteiger partial charge on any atom is 0.321 e. The smallest absolute Gasteiger partial charge is 0.321 e. The van der Waals surface area contributed by atoms with Crippen LogP contribution < -0.4 is 10.6 Å². The number of nitrogens with zero attached hydrogens (tertiary/aromatic N) is 3. The average Bonchev–Trinajstić information content (AvgIpc) is 3.16.